The Morgan fingerprint density at radius 1 is 1.48 bits per heavy atom. The zero-order chi connectivity index (χ0) is 15.2. The number of hydrazone groups is 1. The molecule has 0 aliphatic rings. The van der Waals surface area contributed by atoms with E-state index in [0.717, 1.165) is 14.4 Å². The number of halogens is 1. The van der Waals surface area contributed by atoms with Crippen molar-refractivity contribution < 1.29 is 4.79 Å². The summed E-state index contributed by atoms with van der Waals surface area (Å²) in [6.45, 7) is 1.89. The van der Waals surface area contributed by atoms with E-state index in [1.807, 2.05) is 6.92 Å². The Hall–Kier alpha value is -1.64. The first-order valence-electron chi connectivity index (χ1n) is 5.87. The van der Waals surface area contributed by atoms with Crippen LogP contribution in [0, 0.1) is 6.92 Å². The van der Waals surface area contributed by atoms with Crippen LogP contribution in [0.25, 0.3) is 0 Å². The van der Waals surface area contributed by atoms with Crippen LogP contribution in [0.4, 0.5) is 10.5 Å². The highest BCUT2D eigenvalue weighted by atomic mass is 35.5. The summed E-state index contributed by atoms with van der Waals surface area (Å²) in [7, 11) is 0. The van der Waals surface area contributed by atoms with Crippen molar-refractivity contribution in [1.82, 2.24) is 10.2 Å². The number of benzene rings is 1. The second-order valence-electron chi connectivity index (χ2n) is 3.82. The van der Waals surface area contributed by atoms with Crippen LogP contribution >= 0.6 is 34.7 Å². The number of rotatable bonds is 5. The highest BCUT2D eigenvalue weighted by Crippen LogP contribution is 2.21. The maximum Gasteiger partial charge on any atom is 0.339 e. The van der Waals surface area contributed by atoms with E-state index in [1.54, 1.807) is 30.5 Å². The van der Waals surface area contributed by atoms with Gasteiger partial charge in [-0.2, -0.15) is 10.1 Å². The molecule has 0 unspecified atom stereocenters. The van der Waals surface area contributed by atoms with Gasteiger partial charge >= 0.3 is 6.03 Å². The summed E-state index contributed by atoms with van der Waals surface area (Å²) in [6.07, 6.45) is 1.60. The minimum atomic E-state index is -0.662. The molecule has 0 spiro atoms. The lowest BCUT2D eigenvalue weighted by Crippen LogP contribution is -2.31. The van der Waals surface area contributed by atoms with Crippen LogP contribution in [0.3, 0.4) is 0 Å². The van der Waals surface area contributed by atoms with Crippen molar-refractivity contribution in [2.75, 3.05) is 10.8 Å². The van der Waals surface area contributed by atoms with Gasteiger partial charge in [0, 0.05) is 17.0 Å². The second-order valence-corrected chi connectivity index (χ2v) is 6.71. The van der Waals surface area contributed by atoms with E-state index in [-0.39, 0.29) is 0 Å². The molecule has 2 aromatic rings. The highest BCUT2D eigenvalue weighted by Gasteiger charge is 2.10. The zero-order valence-corrected chi connectivity index (χ0v) is 13.5. The largest absolute Gasteiger partial charge is 0.350 e. The van der Waals surface area contributed by atoms with Crippen molar-refractivity contribution in [3.8, 4) is 0 Å². The van der Waals surface area contributed by atoms with E-state index in [2.05, 4.69) is 15.3 Å². The van der Waals surface area contributed by atoms with Gasteiger partial charge in [-0.15, -0.1) is 10.2 Å². The standard InChI is InChI=1S/C12H12ClN5OS2/c1-8-16-17-12(21-8)20-7-6-15-18(11(14)19)10-4-2-9(13)3-5-10/h2-6H,7H2,1H3,(H2,14,19). The minimum Gasteiger partial charge on any atom is -0.350 e. The van der Waals surface area contributed by atoms with E-state index >= 15 is 0 Å². The molecule has 2 amide bonds. The number of nitrogens with zero attached hydrogens (tertiary/aromatic N) is 4. The molecule has 2 rings (SSSR count). The lowest BCUT2D eigenvalue weighted by molar-refractivity contribution is 0.254. The fourth-order valence-corrected chi connectivity index (χ4v) is 3.12. The molecular weight excluding hydrogens is 330 g/mol. The zero-order valence-electron chi connectivity index (χ0n) is 11.1. The fourth-order valence-electron chi connectivity index (χ4n) is 1.39. The molecule has 9 heteroatoms. The van der Waals surface area contributed by atoms with Crippen LogP contribution in [0.2, 0.25) is 5.02 Å². The topological polar surface area (TPSA) is 84.5 Å². The molecule has 0 saturated carbocycles. The summed E-state index contributed by atoms with van der Waals surface area (Å²) in [5.74, 6) is 0.562. The van der Waals surface area contributed by atoms with Crippen molar-refractivity contribution in [2.24, 2.45) is 10.8 Å². The summed E-state index contributed by atoms with van der Waals surface area (Å²) >= 11 is 8.80. The van der Waals surface area contributed by atoms with Crippen LogP contribution in [0.1, 0.15) is 5.01 Å². The summed E-state index contributed by atoms with van der Waals surface area (Å²) < 4.78 is 0.857. The smallest absolute Gasteiger partial charge is 0.339 e. The third-order valence-corrected chi connectivity index (χ3v) is 4.40. The SMILES string of the molecule is Cc1nnc(SCC=NN(C(N)=O)c2ccc(Cl)cc2)s1. The average Bonchev–Trinajstić information content (AvgIpc) is 2.85. The van der Waals surface area contributed by atoms with E-state index in [4.69, 9.17) is 17.3 Å². The number of hydrogen-bond acceptors (Lipinski definition) is 6. The molecular formula is C12H12ClN5OS2. The van der Waals surface area contributed by atoms with E-state index in [0.29, 0.717) is 16.5 Å². The number of carbonyl (C=O) groups excluding carboxylic acids is 1. The molecule has 1 aromatic heterocycles. The third kappa shape index (κ3) is 4.69. The maximum atomic E-state index is 11.4. The number of aryl methyl sites for hydroxylation is 1. The Kier molecular flexibility index (Phi) is 5.54. The Labute approximate surface area is 135 Å². The third-order valence-electron chi connectivity index (χ3n) is 2.27. The molecule has 0 aliphatic carbocycles. The number of urea groups is 1. The molecule has 0 saturated heterocycles. The molecule has 0 fully saturated rings. The molecule has 1 aromatic carbocycles. The van der Waals surface area contributed by atoms with Gasteiger partial charge in [-0.3, -0.25) is 0 Å². The van der Waals surface area contributed by atoms with Crippen molar-refractivity contribution in [1.29, 1.82) is 0 Å². The van der Waals surface area contributed by atoms with Crippen molar-refractivity contribution >= 4 is 52.6 Å². The number of hydrogen-bond donors (Lipinski definition) is 1. The van der Waals surface area contributed by atoms with Crippen LogP contribution < -0.4 is 10.7 Å². The van der Waals surface area contributed by atoms with Gasteiger partial charge < -0.3 is 5.73 Å². The number of nitrogens with two attached hydrogens (primary N) is 1. The van der Waals surface area contributed by atoms with E-state index < -0.39 is 6.03 Å². The Morgan fingerprint density at radius 2 is 2.19 bits per heavy atom. The van der Waals surface area contributed by atoms with E-state index in [1.165, 1.54) is 23.1 Å². The Balaban J connectivity index is 1.97. The number of aromatic nitrogens is 2. The minimum absolute atomic E-state index is 0.555. The van der Waals surface area contributed by atoms with Gasteiger partial charge in [0.1, 0.15) is 5.01 Å². The predicted octanol–water partition coefficient (Wildman–Crippen LogP) is 3.16. The number of anilines is 1. The second kappa shape index (κ2) is 7.39. The highest BCUT2D eigenvalue weighted by molar-refractivity contribution is 8.01. The Bertz CT molecular complexity index is 643. The molecule has 110 valence electrons. The van der Waals surface area contributed by atoms with Gasteiger partial charge in [0.2, 0.25) is 0 Å². The van der Waals surface area contributed by atoms with Crippen LogP contribution in [0.15, 0.2) is 33.7 Å². The van der Waals surface area contributed by atoms with Gasteiger partial charge in [-0.25, -0.2) is 4.79 Å². The Morgan fingerprint density at radius 3 is 2.76 bits per heavy atom. The molecule has 0 radical (unpaired) electrons. The summed E-state index contributed by atoms with van der Waals surface area (Å²) in [5.41, 5.74) is 5.87. The van der Waals surface area contributed by atoms with Crippen LogP contribution in [-0.2, 0) is 0 Å². The first-order valence-corrected chi connectivity index (χ1v) is 8.05. The summed E-state index contributed by atoms with van der Waals surface area (Å²) in [6, 6.07) is 6.02. The lowest BCUT2D eigenvalue weighted by Gasteiger charge is -2.13. The van der Waals surface area contributed by atoms with Crippen LogP contribution in [0.5, 0.6) is 0 Å². The molecule has 1 heterocycles. The number of thioether (sulfide) groups is 1. The molecule has 0 bridgehead atoms. The van der Waals surface area contributed by atoms with Crippen LogP contribution in [-0.4, -0.2) is 28.2 Å². The first kappa shape index (κ1) is 15.7. The normalized spacial score (nSPS) is 11.0. The maximum absolute atomic E-state index is 11.4. The predicted molar refractivity (Wildman–Crippen MR) is 87.4 cm³/mol. The van der Waals surface area contributed by atoms with Crippen molar-refractivity contribution in [2.45, 2.75) is 11.3 Å². The number of primary amides is 1. The molecule has 21 heavy (non-hydrogen) atoms. The number of carbonyl (C=O) groups is 1. The van der Waals surface area contributed by atoms with Gasteiger partial charge in [0.25, 0.3) is 0 Å². The molecule has 0 atom stereocenters. The fraction of sp³-hybridized carbons (Fsp3) is 0.167. The van der Waals surface area contributed by atoms with Crippen molar-refractivity contribution in [3.05, 3.63) is 34.3 Å². The monoisotopic (exact) mass is 341 g/mol. The van der Waals surface area contributed by atoms with Gasteiger partial charge in [-0.1, -0.05) is 34.7 Å². The van der Waals surface area contributed by atoms with E-state index in [9.17, 15) is 4.79 Å². The summed E-state index contributed by atoms with van der Waals surface area (Å²) in [4.78, 5) is 11.4. The molecule has 2 N–H and O–H groups in total. The first-order chi connectivity index (χ1) is 10.1. The van der Waals surface area contributed by atoms with Gasteiger partial charge in [-0.05, 0) is 31.2 Å². The molecule has 6 nitrogen and oxygen atoms in total. The molecule has 0 aliphatic heterocycles. The summed E-state index contributed by atoms with van der Waals surface area (Å²) in [5, 5.41) is 14.6. The average molecular weight is 342 g/mol. The quantitative estimate of drug-likeness (QED) is 0.514. The van der Waals surface area contributed by atoms with Gasteiger partial charge in [0.05, 0.1) is 5.69 Å². The lowest BCUT2D eigenvalue weighted by atomic mass is 10.3. The number of amides is 2. The van der Waals surface area contributed by atoms with Gasteiger partial charge in [0.15, 0.2) is 4.34 Å². The van der Waals surface area contributed by atoms with Crippen molar-refractivity contribution in [3.63, 3.8) is 0 Å².